The number of furan rings is 1. The topological polar surface area (TPSA) is 97.1 Å². The molecule has 3 aromatic rings. The van der Waals surface area contributed by atoms with Gasteiger partial charge in [0, 0.05) is 5.39 Å². The minimum absolute atomic E-state index is 0.110. The van der Waals surface area contributed by atoms with Crippen LogP contribution in [0.3, 0.4) is 0 Å². The summed E-state index contributed by atoms with van der Waals surface area (Å²) < 4.78 is 4.93. The molecular formula is C16H14N4O3S. The number of aryl methyl sites for hydroxylation is 1. The molecule has 0 fully saturated rings. The van der Waals surface area contributed by atoms with Gasteiger partial charge in [-0.1, -0.05) is 30.0 Å². The lowest BCUT2D eigenvalue weighted by atomic mass is 10.2. The van der Waals surface area contributed by atoms with Crippen molar-refractivity contribution in [2.24, 2.45) is 0 Å². The summed E-state index contributed by atoms with van der Waals surface area (Å²) >= 11 is 1.28. The number of hydrogen-bond acceptors (Lipinski definition) is 6. The first-order valence-electron chi connectivity index (χ1n) is 7.12. The maximum Gasteiger partial charge on any atom is 0.305 e. The van der Waals surface area contributed by atoms with Crippen molar-refractivity contribution in [3.63, 3.8) is 0 Å². The average molecular weight is 342 g/mol. The molecule has 0 radical (unpaired) electrons. The number of thioether (sulfide) groups is 1. The van der Waals surface area contributed by atoms with Gasteiger partial charge < -0.3 is 4.42 Å². The summed E-state index contributed by atoms with van der Waals surface area (Å²) in [7, 11) is 0. The second-order valence-electron chi connectivity index (χ2n) is 4.86. The van der Waals surface area contributed by atoms with Crippen LogP contribution in [0.4, 0.5) is 0 Å². The van der Waals surface area contributed by atoms with Crippen molar-refractivity contribution in [1.29, 1.82) is 0 Å². The highest BCUT2D eigenvalue weighted by Crippen LogP contribution is 2.24. The number of aromatic nitrogens is 2. The molecule has 0 aliphatic carbocycles. The predicted octanol–water partition coefficient (Wildman–Crippen LogP) is 2.08. The van der Waals surface area contributed by atoms with Gasteiger partial charge in [0.05, 0.1) is 17.5 Å². The molecule has 3 rings (SSSR count). The highest BCUT2D eigenvalue weighted by Gasteiger charge is 2.11. The highest BCUT2D eigenvalue weighted by atomic mass is 32.2. The average Bonchev–Trinajstić information content (AvgIpc) is 3.12. The Morgan fingerprint density at radius 1 is 1.12 bits per heavy atom. The molecule has 2 amide bonds. The second-order valence-corrected chi connectivity index (χ2v) is 5.83. The minimum atomic E-state index is -0.512. The number of hydrazine groups is 1. The number of hydrogen-bond donors (Lipinski definition) is 2. The smallest absolute Gasteiger partial charge is 0.305 e. The Hall–Kier alpha value is -2.87. The molecule has 0 bridgehead atoms. The van der Waals surface area contributed by atoms with Crippen LogP contribution in [0.25, 0.3) is 10.9 Å². The van der Waals surface area contributed by atoms with Crippen LogP contribution in [-0.4, -0.2) is 27.5 Å². The maximum absolute atomic E-state index is 11.9. The summed E-state index contributed by atoms with van der Waals surface area (Å²) in [6, 6.07) is 10.7. The fourth-order valence-corrected chi connectivity index (χ4v) is 2.90. The third kappa shape index (κ3) is 3.72. The molecule has 0 saturated carbocycles. The van der Waals surface area contributed by atoms with Crippen molar-refractivity contribution in [2.45, 2.75) is 11.9 Å². The van der Waals surface area contributed by atoms with Gasteiger partial charge in [-0.25, -0.2) is 9.97 Å². The number of nitrogens with zero attached hydrogens (tertiary/aromatic N) is 2. The minimum Gasteiger partial charge on any atom is -0.459 e. The summed E-state index contributed by atoms with van der Waals surface area (Å²) in [5.41, 5.74) is 5.46. The number of amides is 2. The van der Waals surface area contributed by atoms with E-state index in [2.05, 4.69) is 20.8 Å². The van der Waals surface area contributed by atoms with Gasteiger partial charge in [-0.3, -0.25) is 20.4 Å². The molecule has 8 heteroatoms. The third-order valence-corrected chi connectivity index (χ3v) is 4.07. The van der Waals surface area contributed by atoms with Gasteiger partial charge in [0.25, 0.3) is 0 Å². The first-order chi connectivity index (χ1) is 11.6. The van der Waals surface area contributed by atoms with Crippen LogP contribution in [0, 0.1) is 6.92 Å². The molecule has 2 N–H and O–H groups in total. The number of fused-ring (bicyclic) bond motifs is 1. The molecular weight excluding hydrogens is 328 g/mol. The molecule has 0 unspecified atom stereocenters. The fourth-order valence-electron chi connectivity index (χ4n) is 2.03. The fraction of sp³-hybridized carbons (Fsp3) is 0.125. The zero-order valence-corrected chi connectivity index (χ0v) is 13.6. The Balaban J connectivity index is 1.59. The van der Waals surface area contributed by atoms with Gasteiger partial charge in [-0.15, -0.1) is 0 Å². The first-order valence-corrected chi connectivity index (χ1v) is 8.11. The van der Waals surface area contributed by atoms with Crippen molar-refractivity contribution in [2.75, 3.05) is 5.75 Å². The van der Waals surface area contributed by atoms with E-state index in [-0.39, 0.29) is 17.4 Å². The number of rotatable bonds is 4. The SMILES string of the molecule is Cc1nc(SCC(=O)NNC(=O)c2ccco2)c2ccccc2n1. The van der Waals surface area contributed by atoms with Crippen LogP contribution in [-0.2, 0) is 4.79 Å². The van der Waals surface area contributed by atoms with Crippen molar-refractivity contribution in [3.8, 4) is 0 Å². The second kappa shape index (κ2) is 7.14. The molecule has 2 heterocycles. The van der Waals surface area contributed by atoms with E-state index in [0.717, 1.165) is 15.9 Å². The number of benzene rings is 1. The lowest BCUT2D eigenvalue weighted by molar-refractivity contribution is -0.119. The van der Waals surface area contributed by atoms with Crippen LogP contribution < -0.4 is 10.9 Å². The molecule has 0 atom stereocenters. The van der Waals surface area contributed by atoms with Gasteiger partial charge in [0.1, 0.15) is 10.9 Å². The molecule has 0 aliphatic heterocycles. The summed E-state index contributed by atoms with van der Waals surface area (Å²) in [6.45, 7) is 1.81. The molecule has 24 heavy (non-hydrogen) atoms. The molecule has 7 nitrogen and oxygen atoms in total. The molecule has 1 aromatic carbocycles. The number of carbonyl (C=O) groups excluding carboxylic acids is 2. The van der Waals surface area contributed by atoms with E-state index in [0.29, 0.717) is 5.82 Å². The van der Waals surface area contributed by atoms with Crippen molar-refractivity contribution in [3.05, 3.63) is 54.2 Å². The van der Waals surface area contributed by atoms with E-state index in [1.807, 2.05) is 24.3 Å². The van der Waals surface area contributed by atoms with Gasteiger partial charge >= 0.3 is 5.91 Å². The molecule has 122 valence electrons. The number of nitrogens with one attached hydrogen (secondary N) is 2. The monoisotopic (exact) mass is 342 g/mol. The van der Waals surface area contributed by atoms with Gasteiger partial charge in [-0.2, -0.15) is 0 Å². The lowest BCUT2D eigenvalue weighted by Crippen LogP contribution is -2.42. The van der Waals surface area contributed by atoms with Gasteiger partial charge in [0.2, 0.25) is 5.91 Å². The van der Waals surface area contributed by atoms with Crippen LogP contribution in [0.15, 0.2) is 52.1 Å². The van der Waals surface area contributed by atoms with Crippen molar-refractivity contribution >= 4 is 34.5 Å². The van der Waals surface area contributed by atoms with E-state index in [4.69, 9.17) is 4.42 Å². The Kier molecular flexibility index (Phi) is 4.76. The number of carbonyl (C=O) groups is 2. The Labute approximate surface area is 141 Å². The molecule has 2 aromatic heterocycles. The van der Waals surface area contributed by atoms with Crippen LogP contribution in [0.5, 0.6) is 0 Å². The molecule has 0 aliphatic rings. The van der Waals surface area contributed by atoms with Crippen LogP contribution in [0.1, 0.15) is 16.4 Å². The number of para-hydroxylation sites is 1. The van der Waals surface area contributed by atoms with E-state index >= 15 is 0 Å². The molecule has 0 saturated heterocycles. The quantitative estimate of drug-likeness (QED) is 0.428. The lowest BCUT2D eigenvalue weighted by Gasteiger charge is -2.07. The van der Waals surface area contributed by atoms with Gasteiger partial charge in [-0.05, 0) is 25.1 Å². The van der Waals surface area contributed by atoms with E-state index in [1.165, 1.54) is 24.1 Å². The summed E-state index contributed by atoms with van der Waals surface area (Å²) in [6.07, 6.45) is 1.38. The van der Waals surface area contributed by atoms with Crippen molar-refractivity contribution in [1.82, 2.24) is 20.8 Å². The van der Waals surface area contributed by atoms with Crippen LogP contribution >= 0.6 is 11.8 Å². The maximum atomic E-state index is 11.9. The summed E-state index contributed by atoms with van der Waals surface area (Å²) in [4.78, 5) is 32.3. The zero-order valence-electron chi connectivity index (χ0n) is 12.8. The standard InChI is InChI=1S/C16H14N4O3S/c1-10-17-12-6-3-2-5-11(12)16(18-10)24-9-14(21)19-20-15(22)13-7-4-8-23-13/h2-8H,9H2,1H3,(H,19,21)(H,20,22). The normalized spacial score (nSPS) is 10.5. The molecule has 0 spiro atoms. The highest BCUT2D eigenvalue weighted by molar-refractivity contribution is 8.00. The van der Waals surface area contributed by atoms with E-state index in [1.54, 1.807) is 13.0 Å². The largest absolute Gasteiger partial charge is 0.459 e. The first kappa shape index (κ1) is 16.0. The zero-order chi connectivity index (χ0) is 16.9. The van der Waals surface area contributed by atoms with E-state index < -0.39 is 5.91 Å². The Bertz CT molecular complexity index is 880. The van der Waals surface area contributed by atoms with Gasteiger partial charge in [0.15, 0.2) is 5.76 Å². The van der Waals surface area contributed by atoms with E-state index in [9.17, 15) is 9.59 Å². The van der Waals surface area contributed by atoms with Crippen LogP contribution in [0.2, 0.25) is 0 Å². The third-order valence-electron chi connectivity index (χ3n) is 3.08. The van der Waals surface area contributed by atoms with Crippen molar-refractivity contribution < 1.29 is 14.0 Å². The Morgan fingerprint density at radius 3 is 2.75 bits per heavy atom. The summed E-state index contributed by atoms with van der Waals surface area (Å²) in [5.74, 6) is 0.0174. The summed E-state index contributed by atoms with van der Waals surface area (Å²) in [5, 5.41) is 1.62. The predicted molar refractivity (Wildman–Crippen MR) is 89.3 cm³/mol. The Morgan fingerprint density at radius 2 is 1.96 bits per heavy atom.